The van der Waals surface area contributed by atoms with Crippen molar-refractivity contribution in [2.75, 3.05) is 13.1 Å². The molecule has 110 valence electrons. The van der Waals surface area contributed by atoms with Crippen LogP contribution in [0.2, 0.25) is 0 Å². The van der Waals surface area contributed by atoms with Crippen molar-refractivity contribution < 1.29 is 4.79 Å². The maximum atomic E-state index is 12.3. The van der Waals surface area contributed by atoms with Crippen molar-refractivity contribution >= 4 is 5.91 Å². The topological polar surface area (TPSA) is 46.3 Å². The second kappa shape index (κ2) is 6.40. The van der Waals surface area contributed by atoms with E-state index in [9.17, 15) is 4.79 Å². The van der Waals surface area contributed by atoms with Gasteiger partial charge >= 0.3 is 0 Å². The second-order valence-electron chi connectivity index (χ2n) is 6.20. The van der Waals surface area contributed by atoms with Gasteiger partial charge in [0.25, 0.3) is 0 Å². The van der Waals surface area contributed by atoms with Gasteiger partial charge in [-0.2, -0.15) is 0 Å². The Balaban J connectivity index is 1.85. The summed E-state index contributed by atoms with van der Waals surface area (Å²) in [5.41, 5.74) is 6.75. The van der Waals surface area contributed by atoms with Crippen molar-refractivity contribution in [1.82, 2.24) is 4.90 Å². The first-order chi connectivity index (χ1) is 9.53. The quantitative estimate of drug-likeness (QED) is 0.917. The van der Waals surface area contributed by atoms with E-state index in [1.807, 2.05) is 18.7 Å². The van der Waals surface area contributed by atoms with Crippen molar-refractivity contribution in [3.05, 3.63) is 35.9 Å². The highest BCUT2D eigenvalue weighted by Gasteiger charge is 2.32. The summed E-state index contributed by atoms with van der Waals surface area (Å²) in [5.74, 6) is 0.797. The zero-order valence-electron chi connectivity index (χ0n) is 12.6. The molecule has 20 heavy (non-hydrogen) atoms. The monoisotopic (exact) mass is 274 g/mol. The molecule has 1 fully saturated rings. The third kappa shape index (κ3) is 3.60. The van der Waals surface area contributed by atoms with Crippen LogP contribution >= 0.6 is 0 Å². The Morgan fingerprint density at radius 2 is 1.90 bits per heavy atom. The maximum absolute atomic E-state index is 12.3. The number of amides is 1. The molecule has 2 N–H and O–H groups in total. The summed E-state index contributed by atoms with van der Waals surface area (Å²) in [4.78, 5) is 14.3. The van der Waals surface area contributed by atoms with Crippen molar-refractivity contribution in [2.45, 2.75) is 45.1 Å². The number of likely N-dealkylation sites (tertiary alicyclic amines) is 1. The number of nitrogens with zero attached hydrogens (tertiary/aromatic N) is 1. The third-order valence-electron chi connectivity index (χ3n) is 4.49. The van der Waals surface area contributed by atoms with Gasteiger partial charge in [0.05, 0.1) is 5.54 Å². The first-order valence-electron chi connectivity index (χ1n) is 7.65. The Hall–Kier alpha value is -1.35. The molecule has 3 nitrogen and oxygen atoms in total. The van der Waals surface area contributed by atoms with Gasteiger partial charge in [0, 0.05) is 13.1 Å². The van der Waals surface area contributed by atoms with Crippen molar-refractivity contribution in [3.8, 4) is 0 Å². The number of rotatable bonds is 4. The molecule has 0 aromatic heterocycles. The third-order valence-corrected chi connectivity index (χ3v) is 4.49. The first-order valence-corrected chi connectivity index (χ1v) is 7.65. The molecule has 0 spiro atoms. The van der Waals surface area contributed by atoms with E-state index in [2.05, 4.69) is 30.3 Å². The number of hydrogen-bond acceptors (Lipinski definition) is 2. The van der Waals surface area contributed by atoms with Crippen LogP contribution in [-0.2, 0) is 11.2 Å². The summed E-state index contributed by atoms with van der Waals surface area (Å²) in [6, 6.07) is 10.6. The molecule has 2 rings (SSSR count). The van der Waals surface area contributed by atoms with Crippen LogP contribution in [0.15, 0.2) is 30.3 Å². The van der Waals surface area contributed by atoms with E-state index in [0.29, 0.717) is 12.3 Å². The fourth-order valence-electron chi connectivity index (χ4n) is 2.80. The Morgan fingerprint density at radius 1 is 1.30 bits per heavy atom. The minimum atomic E-state index is -0.702. The summed E-state index contributed by atoms with van der Waals surface area (Å²) < 4.78 is 0. The van der Waals surface area contributed by atoms with Gasteiger partial charge in [-0.25, -0.2) is 0 Å². The molecular weight excluding hydrogens is 248 g/mol. The normalized spacial score (nSPS) is 19.6. The molecule has 1 aromatic carbocycles. The van der Waals surface area contributed by atoms with Crippen molar-refractivity contribution in [3.63, 3.8) is 0 Å². The Labute approximate surface area is 122 Å². The SMILES string of the molecule is CCC(C)(N)C(=O)N1CCC(Cc2ccccc2)CC1. The fourth-order valence-corrected chi connectivity index (χ4v) is 2.80. The standard InChI is InChI=1S/C17H26N2O/c1-3-17(2,18)16(20)19-11-9-15(10-12-19)13-14-7-5-4-6-8-14/h4-8,15H,3,9-13,18H2,1-2H3. The van der Waals surface area contributed by atoms with E-state index in [4.69, 9.17) is 5.73 Å². The van der Waals surface area contributed by atoms with Crippen LogP contribution in [0, 0.1) is 5.92 Å². The van der Waals surface area contributed by atoms with Crippen LogP contribution in [0.5, 0.6) is 0 Å². The average Bonchev–Trinajstić information content (AvgIpc) is 2.48. The molecule has 1 saturated heterocycles. The molecule has 1 aliphatic heterocycles. The van der Waals surface area contributed by atoms with E-state index >= 15 is 0 Å². The molecule has 1 aromatic rings. The lowest BCUT2D eigenvalue weighted by Gasteiger charge is -2.36. The number of carbonyl (C=O) groups excluding carboxylic acids is 1. The van der Waals surface area contributed by atoms with Crippen LogP contribution in [0.1, 0.15) is 38.7 Å². The van der Waals surface area contributed by atoms with Crippen LogP contribution in [-0.4, -0.2) is 29.4 Å². The summed E-state index contributed by atoms with van der Waals surface area (Å²) in [7, 11) is 0. The van der Waals surface area contributed by atoms with Crippen LogP contribution in [0.4, 0.5) is 0 Å². The van der Waals surface area contributed by atoms with Crippen LogP contribution in [0.25, 0.3) is 0 Å². The Kier molecular flexibility index (Phi) is 4.81. The number of benzene rings is 1. The summed E-state index contributed by atoms with van der Waals surface area (Å²) in [6.45, 7) is 5.51. The first kappa shape index (κ1) is 15.0. The number of nitrogens with two attached hydrogens (primary N) is 1. The van der Waals surface area contributed by atoms with Gasteiger partial charge < -0.3 is 10.6 Å². The predicted molar refractivity (Wildman–Crippen MR) is 82.3 cm³/mol. The van der Waals surface area contributed by atoms with Gasteiger partial charge in [0.2, 0.25) is 5.91 Å². The smallest absolute Gasteiger partial charge is 0.242 e. The van der Waals surface area contributed by atoms with Gasteiger partial charge in [-0.3, -0.25) is 4.79 Å². The molecule has 0 bridgehead atoms. The van der Waals surface area contributed by atoms with E-state index in [1.165, 1.54) is 5.56 Å². The van der Waals surface area contributed by atoms with E-state index in [-0.39, 0.29) is 5.91 Å². The van der Waals surface area contributed by atoms with Gasteiger partial charge in [-0.1, -0.05) is 37.3 Å². The van der Waals surface area contributed by atoms with Crippen LogP contribution < -0.4 is 5.73 Å². The van der Waals surface area contributed by atoms with Crippen LogP contribution in [0.3, 0.4) is 0 Å². The largest absolute Gasteiger partial charge is 0.341 e. The fraction of sp³-hybridized carbons (Fsp3) is 0.588. The summed E-state index contributed by atoms with van der Waals surface area (Å²) in [5, 5.41) is 0. The predicted octanol–water partition coefficient (Wildman–Crippen LogP) is 2.60. The molecule has 1 amide bonds. The molecule has 0 saturated carbocycles. The molecule has 1 unspecified atom stereocenters. The molecule has 1 aliphatic rings. The van der Waals surface area contributed by atoms with Crippen molar-refractivity contribution in [2.24, 2.45) is 11.7 Å². The van der Waals surface area contributed by atoms with Gasteiger partial charge in [-0.15, -0.1) is 0 Å². The second-order valence-corrected chi connectivity index (χ2v) is 6.20. The van der Waals surface area contributed by atoms with Gasteiger partial charge in [0.15, 0.2) is 0 Å². The molecule has 3 heteroatoms. The van der Waals surface area contributed by atoms with Gasteiger partial charge in [0.1, 0.15) is 0 Å². The molecule has 0 aliphatic carbocycles. The number of hydrogen-bond donors (Lipinski definition) is 1. The lowest BCUT2D eigenvalue weighted by Crippen LogP contribution is -2.54. The minimum absolute atomic E-state index is 0.109. The summed E-state index contributed by atoms with van der Waals surface area (Å²) in [6.07, 6.45) is 3.98. The highest BCUT2D eigenvalue weighted by atomic mass is 16.2. The average molecular weight is 274 g/mol. The van der Waals surface area contributed by atoms with E-state index < -0.39 is 5.54 Å². The Bertz CT molecular complexity index is 434. The molecular formula is C17H26N2O. The zero-order chi connectivity index (χ0) is 14.6. The maximum Gasteiger partial charge on any atom is 0.242 e. The van der Waals surface area contributed by atoms with E-state index in [0.717, 1.165) is 32.4 Å². The number of piperidine rings is 1. The molecule has 0 radical (unpaired) electrons. The van der Waals surface area contributed by atoms with Crippen molar-refractivity contribution in [1.29, 1.82) is 0 Å². The minimum Gasteiger partial charge on any atom is -0.341 e. The lowest BCUT2D eigenvalue weighted by atomic mass is 9.89. The lowest BCUT2D eigenvalue weighted by molar-refractivity contribution is -0.137. The van der Waals surface area contributed by atoms with E-state index in [1.54, 1.807) is 0 Å². The zero-order valence-corrected chi connectivity index (χ0v) is 12.6. The highest BCUT2D eigenvalue weighted by molar-refractivity contribution is 5.85. The molecule has 1 heterocycles. The highest BCUT2D eigenvalue weighted by Crippen LogP contribution is 2.23. The molecule has 1 atom stereocenters. The Morgan fingerprint density at radius 3 is 2.45 bits per heavy atom. The number of carbonyl (C=O) groups is 1. The van der Waals surface area contributed by atoms with Gasteiger partial charge in [-0.05, 0) is 44.1 Å². The summed E-state index contributed by atoms with van der Waals surface area (Å²) >= 11 is 0.